The van der Waals surface area contributed by atoms with Gasteiger partial charge >= 0.3 is 0 Å². The van der Waals surface area contributed by atoms with E-state index in [1.165, 1.54) is 20.3 Å². The molecule has 15 heavy (non-hydrogen) atoms. The Labute approximate surface area is 85.8 Å². The van der Waals surface area contributed by atoms with Crippen molar-refractivity contribution in [1.29, 1.82) is 0 Å². The number of hydrogen-bond acceptors (Lipinski definition) is 4. The first-order valence-corrected chi connectivity index (χ1v) is 4.29. The second-order valence-electron chi connectivity index (χ2n) is 2.78. The molecule has 1 rings (SSSR count). The molecule has 84 valence electrons. The van der Waals surface area contributed by atoms with Crippen molar-refractivity contribution in [3.63, 3.8) is 0 Å². The zero-order valence-electron chi connectivity index (χ0n) is 8.49. The lowest BCUT2D eigenvalue weighted by atomic mass is 10.4. The molecule has 0 aliphatic rings. The second-order valence-corrected chi connectivity index (χ2v) is 2.78. The summed E-state index contributed by atoms with van der Waals surface area (Å²) in [7, 11) is 2.94. The van der Waals surface area contributed by atoms with Gasteiger partial charge in [0.2, 0.25) is 0 Å². The highest BCUT2D eigenvalue weighted by Crippen LogP contribution is 1.91. The lowest BCUT2D eigenvalue weighted by molar-refractivity contribution is -0.0974. The number of H-pyrrole nitrogens is 2. The SMILES string of the molecule is COC(CNC(=O)c1cc(=O)[nH][nH]1)OC. The predicted octanol–water partition coefficient (Wildman–Crippen LogP) is -0.948. The monoisotopic (exact) mass is 215 g/mol. The maximum Gasteiger partial charge on any atom is 0.269 e. The van der Waals surface area contributed by atoms with Crippen molar-refractivity contribution < 1.29 is 14.3 Å². The highest BCUT2D eigenvalue weighted by Gasteiger charge is 2.10. The van der Waals surface area contributed by atoms with E-state index >= 15 is 0 Å². The van der Waals surface area contributed by atoms with E-state index in [9.17, 15) is 9.59 Å². The summed E-state index contributed by atoms with van der Waals surface area (Å²) in [6.07, 6.45) is -0.500. The van der Waals surface area contributed by atoms with Gasteiger partial charge in [-0.1, -0.05) is 0 Å². The van der Waals surface area contributed by atoms with Gasteiger partial charge in [-0.2, -0.15) is 0 Å². The molecular formula is C8H13N3O4. The Morgan fingerprint density at radius 2 is 2.13 bits per heavy atom. The van der Waals surface area contributed by atoms with E-state index in [1.54, 1.807) is 0 Å². The quantitative estimate of drug-likeness (QED) is 0.552. The van der Waals surface area contributed by atoms with Crippen LogP contribution in [0.4, 0.5) is 0 Å². The van der Waals surface area contributed by atoms with Crippen LogP contribution in [0.3, 0.4) is 0 Å². The van der Waals surface area contributed by atoms with Gasteiger partial charge in [0.05, 0.1) is 6.54 Å². The fourth-order valence-electron chi connectivity index (χ4n) is 0.989. The first-order chi connectivity index (χ1) is 7.17. The van der Waals surface area contributed by atoms with Crippen molar-refractivity contribution in [2.24, 2.45) is 0 Å². The van der Waals surface area contributed by atoms with Crippen LogP contribution < -0.4 is 10.9 Å². The third-order valence-corrected chi connectivity index (χ3v) is 1.80. The van der Waals surface area contributed by atoms with Crippen LogP contribution in [-0.2, 0) is 9.47 Å². The van der Waals surface area contributed by atoms with E-state index in [1.807, 2.05) is 0 Å². The summed E-state index contributed by atoms with van der Waals surface area (Å²) in [6.45, 7) is 0.207. The summed E-state index contributed by atoms with van der Waals surface area (Å²) in [4.78, 5) is 22.1. The zero-order chi connectivity index (χ0) is 11.3. The van der Waals surface area contributed by atoms with Gasteiger partial charge in [-0.15, -0.1) is 0 Å². The molecule has 7 nitrogen and oxygen atoms in total. The van der Waals surface area contributed by atoms with Crippen LogP contribution in [0, 0.1) is 0 Å². The summed E-state index contributed by atoms with van der Waals surface area (Å²) >= 11 is 0. The Hall–Kier alpha value is -1.60. The molecular weight excluding hydrogens is 202 g/mol. The molecule has 0 aliphatic heterocycles. The number of aromatic nitrogens is 2. The molecule has 0 spiro atoms. The molecule has 0 atom stereocenters. The first kappa shape index (κ1) is 11.5. The molecule has 3 N–H and O–H groups in total. The highest BCUT2D eigenvalue weighted by molar-refractivity contribution is 5.92. The number of nitrogens with one attached hydrogen (secondary N) is 3. The standard InChI is InChI=1S/C8H13N3O4/c1-14-7(15-2)4-9-8(13)5-3-6(12)11-10-5/h3,7H,4H2,1-2H3,(H,9,13)(H2,10,11,12). The van der Waals surface area contributed by atoms with Crippen molar-refractivity contribution in [2.45, 2.75) is 6.29 Å². The van der Waals surface area contributed by atoms with Crippen LogP contribution in [0.5, 0.6) is 0 Å². The highest BCUT2D eigenvalue weighted by atomic mass is 16.7. The van der Waals surface area contributed by atoms with Crippen LogP contribution in [0.15, 0.2) is 10.9 Å². The van der Waals surface area contributed by atoms with Crippen LogP contribution in [-0.4, -0.2) is 43.2 Å². The van der Waals surface area contributed by atoms with Gasteiger partial charge in [0, 0.05) is 20.3 Å². The summed E-state index contributed by atoms with van der Waals surface area (Å²) in [5.74, 6) is -0.396. The number of ether oxygens (including phenoxy) is 2. The van der Waals surface area contributed by atoms with Gasteiger partial charge in [-0.3, -0.25) is 19.8 Å². The number of carbonyl (C=O) groups excluding carboxylic acids is 1. The fourth-order valence-corrected chi connectivity index (χ4v) is 0.989. The van der Waals surface area contributed by atoms with E-state index in [4.69, 9.17) is 9.47 Å². The van der Waals surface area contributed by atoms with E-state index in [0.717, 1.165) is 0 Å². The maximum absolute atomic E-state index is 11.4. The normalized spacial score (nSPS) is 10.6. The van der Waals surface area contributed by atoms with Crippen LogP contribution >= 0.6 is 0 Å². The lowest BCUT2D eigenvalue weighted by Gasteiger charge is -2.13. The fraction of sp³-hybridized carbons (Fsp3) is 0.500. The van der Waals surface area contributed by atoms with Crippen molar-refractivity contribution in [1.82, 2.24) is 15.5 Å². The summed E-state index contributed by atoms with van der Waals surface area (Å²) < 4.78 is 9.75. The molecule has 0 bridgehead atoms. The molecule has 1 aromatic rings. The van der Waals surface area contributed by atoms with Crippen LogP contribution in [0.2, 0.25) is 0 Å². The minimum Gasteiger partial charge on any atom is -0.354 e. The van der Waals surface area contributed by atoms with E-state index in [0.29, 0.717) is 0 Å². The van der Waals surface area contributed by atoms with Crippen molar-refractivity contribution in [3.05, 3.63) is 22.1 Å². The van der Waals surface area contributed by atoms with Gasteiger partial charge < -0.3 is 14.8 Å². The summed E-state index contributed by atoms with van der Waals surface area (Å²) in [5.41, 5.74) is -0.180. The molecule has 0 saturated carbocycles. The van der Waals surface area contributed by atoms with Gasteiger partial charge in [0.15, 0.2) is 6.29 Å². The van der Waals surface area contributed by atoms with Crippen molar-refractivity contribution in [3.8, 4) is 0 Å². The Kier molecular flexibility index (Phi) is 4.07. The Morgan fingerprint density at radius 1 is 1.47 bits per heavy atom. The predicted molar refractivity (Wildman–Crippen MR) is 51.6 cm³/mol. The Balaban J connectivity index is 2.46. The molecule has 1 aromatic heterocycles. The molecule has 0 unspecified atom stereocenters. The third kappa shape index (κ3) is 3.22. The molecule has 0 saturated heterocycles. The first-order valence-electron chi connectivity index (χ1n) is 4.29. The number of hydrogen-bond donors (Lipinski definition) is 3. The van der Waals surface area contributed by atoms with Crippen molar-refractivity contribution >= 4 is 5.91 Å². The van der Waals surface area contributed by atoms with E-state index in [2.05, 4.69) is 15.5 Å². The van der Waals surface area contributed by atoms with Gasteiger partial charge in [-0.25, -0.2) is 0 Å². The smallest absolute Gasteiger partial charge is 0.269 e. The minimum absolute atomic E-state index is 0.172. The zero-order valence-corrected chi connectivity index (χ0v) is 8.49. The summed E-state index contributed by atoms with van der Waals surface area (Å²) in [5, 5.41) is 7.23. The van der Waals surface area contributed by atoms with Crippen molar-refractivity contribution in [2.75, 3.05) is 20.8 Å². The Morgan fingerprint density at radius 3 is 2.60 bits per heavy atom. The largest absolute Gasteiger partial charge is 0.354 e. The minimum atomic E-state index is -0.500. The van der Waals surface area contributed by atoms with Gasteiger partial charge in [0.1, 0.15) is 5.69 Å². The number of aromatic amines is 2. The second kappa shape index (κ2) is 5.32. The molecule has 0 fully saturated rings. The number of amides is 1. The average Bonchev–Trinajstić information content (AvgIpc) is 2.66. The summed E-state index contributed by atoms with van der Waals surface area (Å²) in [6, 6.07) is 1.17. The average molecular weight is 215 g/mol. The molecule has 0 radical (unpaired) electrons. The number of carbonyl (C=O) groups is 1. The molecule has 7 heteroatoms. The van der Waals surface area contributed by atoms with E-state index < -0.39 is 12.2 Å². The molecule has 1 amide bonds. The van der Waals surface area contributed by atoms with Gasteiger partial charge in [0.25, 0.3) is 11.5 Å². The molecule has 0 aromatic carbocycles. The number of rotatable bonds is 5. The van der Waals surface area contributed by atoms with E-state index in [-0.39, 0.29) is 17.8 Å². The number of methoxy groups -OCH3 is 2. The Bertz CT molecular complexity index is 366. The van der Waals surface area contributed by atoms with Crippen LogP contribution in [0.25, 0.3) is 0 Å². The topological polar surface area (TPSA) is 96.2 Å². The molecule has 0 aliphatic carbocycles. The third-order valence-electron chi connectivity index (χ3n) is 1.80. The molecule has 1 heterocycles. The maximum atomic E-state index is 11.4. The van der Waals surface area contributed by atoms with Crippen LogP contribution in [0.1, 0.15) is 10.5 Å². The van der Waals surface area contributed by atoms with Gasteiger partial charge in [-0.05, 0) is 0 Å². The lowest BCUT2D eigenvalue weighted by Crippen LogP contribution is -2.34.